The molecule has 156 valence electrons. The van der Waals surface area contributed by atoms with Gasteiger partial charge in [0.1, 0.15) is 23.6 Å². The number of rotatable bonds is 8. The first-order chi connectivity index (χ1) is 15.2. The first-order valence-corrected chi connectivity index (χ1v) is 9.36. The Kier molecular flexibility index (Phi) is 6.03. The SMILES string of the molecule is COc1ccc(OCC(=O)Nc2ccc(Oc3ccc(-n4ccnc4)nn3)cc2)cc1. The van der Waals surface area contributed by atoms with Gasteiger partial charge in [-0.3, -0.25) is 9.36 Å². The fourth-order valence-corrected chi connectivity index (χ4v) is 2.64. The van der Waals surface area contributed by atoms with Crippen molar-refractivity contribution in [3.05, 3.63) is 79.4 Å². The van der Waals surface area contributed by atoms with E-state index >= 15 is 0 Å². The van der Waals surface area contributed by atoms with E-state index in [4.69, 9.17) is 14.2 Å². The van der Waals surface area contributed by atoms with Crippen molar-refractivity contribution in [1.82, 2.24) is 19.7 Å². The van der Waals surface area contributed by atoms with Crippen LogP contribution in [0, 0.1) is 0 Å². The molecule has 0 saturated carbocycles. The molecule has 0 aliphatic heterocycles. The van der Waals surface area contributed by atoms with Crippen molar-refractivity contribution in [1.29, 1.82) is 0 Å². The molecule has 0 saturated heterocycles. The third-order valence-electron chi connectivity index (χ3n) is 4.18. The number of nitrogens with one attached hydrogen (secondary N) is 1. The summed E-state index contributed by atoms with van der Waals surface area (Å²) in [5.41, 5.74) is 0.622. The zero-order valence-electron chi connectivity index (χ0n) is 16.6. The van der Waals surface area contributed by atoms with Crippen molar-refractivity contribution in [3.63, 3.8) is 0 Å². The fourth-order valence-electron chi connectivity index (χ4n) is 2.64. The highest BCUT2D eigenvalue weighted by atomic mass is 16.5. The van der Waals surface area contributed by atoms with Crippen LogP contribution in [0.2, 0.25) is 0 Å². The van der Waals surface area contributed by atoms with E-state index in [1.807, 2.05) is 0 Å². The maximum Gasteiger partial charge on any atom is 0.262 e. The third kappa shape index (κ3) is 5.36. The number of amides is 1. The molecule has 4 rings (SSSR count). The molecular formula is C22H19N5O4. The number of imidazole rings is 1. The fraction of sp³-hybridized carbons (Fsp3) is 0.0909. The van der Waals surface area contributed by atoms with E-state index in [-0.39, 0.29) is 12.5 Å². The van der Waals surface area contributed by atoms with E-state index in [0.29, 0.717) is 28.9 Å². The summed E-state index contributed by atoms with van der Waals surface area (Å²) in [6.07, 6.45) is 5.08. The number of nitrogens with zero attached hydrogens (tertiary/aromatic N) is 4. The molecule has 0 spiro atoms. The number of carbonyl (C=O) groups is 1. The highest BCUT2D eigenvalue weighted by Crippen LogP contribution is 2.22. The maximum absolute atomic E-state index is 12.1. The van der Waals surface area contributed by atoms with Gasteiger partial charge < -0.3 is 19.5 Å². The average molecular weight is 417 g/mol. The van der Waals surface area contributed by atoms with Gasteiger partial charge in [0.25, 0.3) is 5.91 Å². The molecule has 0 bridgehead atoms. The van der Waals surface area contributed by atoms with Gasteiger partial charge in [0.2, 0.25) is 5.88 Å². The predicted octanol–water partition coefficient (Wildman–Crippen LogP) is 3.48. The van der Waals surface area contributed by atoms with Crippen LogP contribution < -0.4 is 19.5 Å². The Morgan fingerprint density at radius 3 is 2.32 bits per heavy atom. The monoisotopic (exact) mass is 417 g/mol. The lowest BCUT2D eigenvalue weighted by molar-refractivity contribution is -0.118. The third-order valence-corrected chi connectivity index (χ3v) is 4.18. The van der Waals surface area contributed by atoms with Gasteiger partial charge in [0, 0.05) is 24.1 Å². The van der Waals surface area contributed by atoms with Crippen molar-refractivity contribution < 1.29 is 19.0 Å². The molecule has 9 nitrogen and oxygen atoms in total. The molecule has 2 aromatic heterocycles. The maximum atomic E-state index is 12.1. The smallest absolute Gasteiger partial charge is 0.262 e. The molecule has 2 heterocycles. The average Bonchev–Trinajstić information content (AvgIpc) is 3.35. The van der Waals surface area contributed by atoms with Gasteiger partial charge in [-0.1, -0.05) is 0 Å². The van der Waals surface area contributed by atoms with Crippen LogP contribution in [0.3, 0.4) is 0 Å². The summed E-state index contributed by atoms with van der Waals surface area (Å²) >= 11 is 0. The molecule has 0 unspecified atom stereocenters. The van der Waals surface area contributed by atoms with Crippen molar-refractivity contribution in [2.45, 2.75) is 0 Å². The van der Waals surface area contributed by atoms with E-state index in [9.17, 15) is 4.79 Å². The van der Waals surface area contributed by atoms with Crippen LogP contribution >= 0.6 is 0 Å². The number of anilines is 1. The first kappa shape index (κ1) is 19.9. The van der Waals surface area contributed by atoms with E-state index in [1.165, 1.54) is 0 Å². The van der Waals surface area contributed by atoms with E-state index in [1.54, 1.807) is 91.1 Å². The summed E-state index contributed by atoms with van der Waals surface area (Å²) < 4.78 is 18.0. The molecule has 9 heteroatoms. The van der Waals surface area contributed by atoms with Crippen molar-refractivity contribution in [3.8, 4) is 28.9 Å². The van der Waals surface area contributed by atoms with Gasteiger partial charge in [-0.2, -0.15) is 0 Å². The Bertz CT molecular complexity index is 1110. The van der Waals surface area contributed by atoms with E-state index in [0.717, 1.165) is 5.75 Å². The topological polar surface area (TPSA) is 100 Å². The number of methoxy groups -OCH3 is 1. The zero-order chi connectivity index (χ0) is 21.5. The van der Waals surface area contributed by atoms with Crippen LogP contribution in [0.25, 0.3) is 5.82 Å². The van der Waals surface area contributed by atoms with Crippen LogP contribution in [-0.2, 0) is 4.79 Å². The second kappa shape index (κ2) is 9.40. The number of hydrogen-bond acceptors (Lipinski definition) is 7. The molecule has 1 N–H and O–H groups in total. The van der Waals surface area contributed by atoms with Gasteiger partial charge in [0.15, 0.2) is 12.4 Å². The Morgan fingerprint density at radius 2 is 1.68 bits per heavy atom. The van der Waals surface area contributed by atoms with Gasteiger partial charge >= 0.3 is 0 Å². The van der Waals surface area contributed by atoms with Crippen molar-refractivity contribution >= 4 is 11.6 Å². The first-order valence-electron chi connectivity index (χ1n) is 9.36. The lowest BCUT2D eigenvalue weighted by Crippen LogP contribution is -2.20. The molecule has 1 amide bonds. The van der Waals surface area contributed by atoms with Gasteiger partial charge in [-0.05, 0) is 54.6 Å². The highest BCUT2D eigenvalue weighted by Gasteiger charge is 2.06. The number of hydrogen-bond donors (Lipinski definition) is 1. The summed E-state index contributed by atoms with van der Waals surface area (Å²) in [6, 6.07) is 17.4. The van der Waals surface area contributed by atoms with Crippen LogP contribution in [0.15, 0.2) is 79.4 Å². The van der Waals surface area contributed by atoms with Crippen LogP contribution in [0.5, 0.6) is 23.1 Å². The van der Waals surface area contributed by atoms with Crippen LogP contribution in [0.4, 0.5) is 5.69 Å². The molecular weight excluding hydrogens is 398 g/mol. The molecule has 0 aliphatic rings. The predicted molar refractivity (Wildman–Crippen MR) is 113 cm³/mol. The second-order valence-electron chi connectivity index (χ2n) is 6.34. The molecule has 0 fully saturated rings. The number of benzene rings is 2. The van der Waals surface area contributed by atoms with Crippen LogP contribution in [-0.4, -0.2) is 39.4 Å². The number of aromatic nitrogens is 4. The Hall–Kier alpha value is -4.40. The molecule has 2 aromatic carbocycles. The molecule has 0 radical (unpaired) electrons. The number of ether oxygens (including phenoxy) is 3. The minimum Gasteiger partial charge on any atom is -0.497 e. The van der Waals surface area contributed by atoms with E-state index in [2.05, 4.69) is 20.5 Å². The lowest BCUT2D eigenvalue weighted by atomic mass is 10.3. The lowest BCUT2D eigenvalue weighted by Gasteiger charge is -2.09. The summed E-state index contributed by atoms with van der Waals surface area (Å²) in [7, 11) is 1.59. The molecule has 0 aliphatic carbocycles. The van der Waals surface area contributed by atoms with Gasteiger partial charge in [0.05, 0.1) is 7.11 Å². The minimum absolute atomic E-state index is 0.108. The summed E-state index contributed by atoms with van der Waals surface area (Å²) in [5.74, 6) is 2.59. The standard InChI is InChI=1S/C22H19N5O4/c1-29-17-6-8-18(9-7-17)30-14-21(28)24-16-2-4-19(5-3-16)31-22-11-10-20(25-26-22)27-13-12-23-15-27/h2-13,15H,14H2,1H3,(H,24,28). The van der Waals surface area contributed by atoms with Crippen LogP contribution in [0.1, 0.15) is 0 Å². The van der Waals surface area contributed by atoms with Crippen molar-refractivity contribution in [2.75, 3.05) is 19.0 Å². The normalized spacial score (nSPS) is 10.4. The Labute approximate surface area is 178 Å². The molecule has 31 heavy (non-hydrogen) atoms. The Morgan fingerprint density at radius 1 is 0.935 bits per heavy atom. The molecule has 0 atom stereocenters. The Balaban J connectivity index is 1.28. The largest absolute Gasteiger partial charge is 0.497 e. The summed E-state index contributed by atoms with van der Waals surface area (Å²) in [5, 5.41) is 10.9. The van der Waals surface area contributed by atoms with Gasteiger partial charge in [-0.25, -0.2) is 4.98 Å². The second-order valence-corrected chi connectivity index (χ2v) is 6.34. The zero-order valence-corrected chi connectivity index (χ0v) is 16.6. The summed E-state index contributed by atoms with van der Waals surface area (Å²) in [4.78, 5) is 16.1. The summed E-state index contributed by atoms with van der Waals surface area (Å²) in [6.45, 7) is -0.108. The van der Waals surface area contributed by atoms with Gasteiger partial charge in [-0.15, -0.1) is 10.2 Å². The minimum atomic E-state index is -0.273. The van der Waals surface area contributed by atoms with Crippen molar-refractivity contribution in [2.24, 2.45) is 0 Å². The number of carbonyl (C=O) groups excluding carboxylic acids is 1. The van der Waals surface area contributed by atoms with E-state index < -0.39 is 0 Å². The highest BCUT2D eigenvalue weighted by molar-refractivity contribution is 5.91. The quantitative estimate of drug-likeness (QED) is 0.468. The molecule has 4 aromatic rings.